The number of nitro groups is 1. The first-order chi connectivity index (χ1) is 10.6. The number of hydrogen-bond acceptors (Lipinski definition) is 5. The van der Waals surface area contributed by atoms with Crippen LogP contribution in [-0.2, 0) is 4.79 Å². The molecule has 3 rings (SSSR count). The third kappa shape index (κ3) is 2.89. The van der Waals surface area contributed by atoms with Gasteiger partial charge in [-0.05, 0) is 36.7 Å². The fraction of sp³-hybridized carbons (Fsp3) is 0.429. The molecule has 0 aromatic carbocycles. The number of carbonyl (C=O) groups excluding carboxylic acids is 1. The quantitative estimate of drug-likeness (QED) is 0.397. The van der Waals surface area contributed by atoms with Gasteiger partial charge in [0.05, 0.1) is 4.92 Å². The Morgan fingerprint density at radius 1 is 1.41 bits per heavy atom. The molecule has 22 heavy (non-hydrogen) atoms. The van der Waals surface area contributed by atoms with E-state index in [9.17, 15) is 14.9 Å². The first-order valence-electron chi connectivity index (χ1n) is 7.15. The average molecular weight is 337 g/mol. The fourth-order valence-corrected chi connectivity index (χ4v) is 3.92. The molecule has 2 aliphatic rings. The van der Waals surface area contributed by atoms with Crippen molar-refractivity contribution in [2.75, 3.05) is 0 Å². The van der Waals surface area contributed by atoms with Gasteiger partial charge < -0.3 is 5.32 Å². The Balaban J connectivity index is 1.80. The van der Waals surface area contributed by atoms with Crippen molar-refractivity contribution in [1.82, 2.24) is 10.2 Å². The Bertz CT molecular complexity index is 662. The van der Waals surface area contributed by atoms with Crippen molar-refractivity contribution in [2.45, 2.75) is 38.1 Å². The van der Waals surface area contributed by atoms with Crippen molar-refractivity contribution in [2.24, 2.45) is 0 Å². The molecule has 1 saturated carbocycles. The Morgan fingerprint density at radius 3 is 2.77 bits per heavy atom. The molecule has 1 saturated heterocycles. The van der Waals surface area contributed by atoms with E-state index in [2.05, 4.69) is 5.32 Å². The minimum atomic E-state index is -0.435. The molecular formula is C14H15N3O3S2. The molecule has 8 heteroatoms. The van der Waals surface area contributed by atoms with E-state index in [1.165, 1.54) is 12.5 Å². The van der Waals surface area contributed by atoms with E-state index in [4.69, 9.17) is 12.2 Å². The summed E-state index contributed by atoms with van der Waals surface area (Å²) in [5, 5.41) is 15.8. The Morgan fingerprint density at radius 2 is 2.14 bits per heavy atom. The summed E-state index contributed by atoms with van der Waals surface area (Å²) < 4.78 is 0. The summed E-state index contributed by atoms with van der Waals surface area (Å²) in [4.78, 5) is 24.5. The summed E-state index contributed by atoms with van der Waals surface area (Å²) in [5.41, 5.74) is 1.03. The molecule has 0 unspecified atom stereocenters. The summed E-state index contributed by atoms with van der Waals surface area (Å²) in [5.74, 6) is -0.134. The van der Waals surface area contributed by atoms with E-state index in [-0.39, 0.29) is 17.0 Å². The van der Waals surface area contributed by atoms with Gasteiger partial charge in [-0.2, -0.15) is 0 Å². The number of thiophene rings is 1. The van der Waals surface area contributed by atoms with E-state index >= 15 is 0 Å². The van der Waals surface area contributed by atoms with Crippen molar-refractivity contribution in [1.29, 1.82) is 0 Å². The molecule has 2 fully saturated rings. The highest BCUT2D eigenvalue weighted by Crippen LogP contribution is 2.28. The second kappa shape index (κ2) is 6.13. The predicted molar refractivity (Wildman–Crippen MR) is 88.4 cm³/mol. The van der Waals surface area contributed by atoms with Crippen LogP contribution in [0.15, 0.2) is 17.1 Å². The van der Waals surface area contributed by atoms with Gasteiger partial charge in [-0.1, -0.05) is 30.6 Å². The summed E-state index contributed by atoms with van der Waals surface area (Å²) >= 11 is 6.33. The maximum atomic E-state index is 12.5. The van der Waals surface area contributed by atoms with Crippen LogP contribution in [0.25, 0.3) is 6.08 Å². The van der Waals surface area contributed by atoms with Gasteiger partial charge in [0, 0.05) is 17.5 Å². The lowest BCUT2D eigenvalue weighted by molar-refractivity contribution is -0.380. The minimum Gasteiger partial charge on any atom is -0.328 e. The third-order valence-electron chi connectivity index (χ3n) is 3.95. The smallest absolute Gasteiger partial charge is 0.324 e. The van der Waals surface area contributed by atoms with Crippen molar-refractivity contribution in [3.63, 3.8) is 0 Å². The highest BCUT2D eigenvalue weighted by atomic mass is 32.1. The molecule has 1 aliphatic carbocycles. The Kier molecular flexibility index (Phi) is 4.21. The SMILES string of the molecule is O=C1C(=Cc2csc([N+](=O)[O-])c2)NC(=S)N1C1CCCCC1. The normalized spacial score (nSPS) is 21.5. The molecule has 6 nitrogen and oxygen atoms in total. The maximum Gasteiger partial charge on any atom is 0.324 e. The van der Waals surface area contributed by atoms with Crippen molar-refractivity contribution >= 4 is 45.7 Å². The summed E-state index contributed by atoms with van der Waals surface area (Å²) in [7, 11) is 0. The van der Waals surface area contributed by atoms with Crippen LogP contribution < -0.4 is 5.32 Å². The third-order valence-corrected chi connectivity index (χ3v) is 5.14. The number of amides is 1. The van der Waals surface area contributed by atoms with Crippen LogP contribution in [0.1, 0.15) is 37.7 Å². The van der Waals surface area contributed by atoms with Crippen LogP contribution in [-0.4, -0.2) is 26.9 Å². The van der Waals surface area contributed by atoms with Crippen LogP contribution in [0.4, 0.5) is 5.00 Å². The van der Waals surface area contributed by atoms with Crippen molar-refractivity contribution < 1.29 is 9.72 Å². The lowest BCUT2D eigenvalue weighted by Gasteiger charge is -2.29. The van der Waals surface area contributed by atoms with E-state index in [1.807, 2.05) is 0 Å². The van der Waals surface area contributed by atoms with Crippen molar-refractivity contribution in [3.8, 4) is 0 Å². The molecule has 1 aromatic heterocycles. The topological polar surface area (TPSA) is 75.5 Å². The number of thiocarbonyl (C=S) groups is 1. The van der Waals surface area contributed by atoms with E-state index in [1.54, 1.807) is 16.4 Å². The summed E-state index contributed by atoms with van der Waals surface area (Å²) in [6.07, 6.45) is 7.02. The predicted octanol–water partition coefficient (Wildman–Crippen LogP) is 3.05. The molecule has 1 amide bonds. The van der Waals surface area contributed by atoms with Crippen molar-refractivity contribution in [3.05, 3.63) is 32.8 Å². The molecular weight excluding hydrogens is 322 g/mol. The second-order valence-corrected chi connectivity index (χ2v) is 6.71. The first-order valence-corrected chi connectivity index (χ1v) is 8.44. The van der Waals surface area contributed by atoms with E-state index < -0.39 is 4.92 Å². The second-order valence-electron chi connectivity index (χ2n) is 5.43. The van der Waals surface area contributed by atoms with Crippen LogP contribution in [0.2, 0.25) is 0 Å². The zero-order valence-corrected chi connectivity index (χ0v) is 13.4. The molecule has 1 N–H and O–H groups in total. The van der Waals surface area contributed by atoms with Crippen LogP contribution in [0.3, 0.4) is 0 Å². The largest absolute Gasteiger partial charge is 0.328 e. The molecule has 1 aliphatic heterocycles. The summed E-state index contributed by atoms with van der Waals surface area (Å²) in [6, 6.07) is 1.63. The first kappa shape index (κ1) is 15.1. The highest BCUT2D eigenvalue weighted by Gasteiger charge is 2.36. The number of nitrogens with one attached hydrogen (secondary N) is 1. The van der Waals surface area contributed by atoms with Crippen LogP contribution in [0, 0.1) is 10.1 Å². The average Bonchev–Trinajstić information content (AvgIpc) is 3.06. The Hall–Kier alpha value is -1.80. The van der Waals surface area contributed by atoms with Crippen LogP contribution >= 0.6 is 23.6 Å². The van der Waals surface area contributed by atoms with Crippen LogP contribution in [0.5, 0.6) is 0 Å². The minimum absolute atomic E-state index is 0.0593. The van der Waals surface area contributed by atoms with E-state index in [0.29, 0.717) is 16.4 Å². The number of nitrogens with zero attached hydrogens (tertiary/aromatic N) is 2. The summed E-state index contributed by atoms with van der Waals surface area (Å²) in [6.45, 7) is 0. The zero-order valence-electron chi connectivity index (χ0n) is 11.8. The lowest BCUT2D eigenvalue weighted by atomic mass is 9.94. The molecule has 1 aromatic rings. The lowest BCUT2D eigenvalue weighted by Crippen LogP contribution is -2.41. The van der Waals surface area contributed by atoms with Gasteiger partial charge >= 0.3 is 5.00 Å². The van der Waals surface area contributed by atoms with Gasteiger partial charge in [0.2, 0.25) is 0 Å². The monoisotopic (exact) mass is 337 g/mol. The van der Waals surface area contributed by atoms with Gasteiger partial charge in [-0.15, -0.1) is 0 Å². The standard InChI is InChI=1S/C14H15N3O3S2/c18-13-11(6-9-7-12(17(19)20)22-8-9)15-14(21)16(13)10-4-2-1-3-5-10/h6-8,10H,1-5H2,(H,15,21). The Labute approximate surface area is 137 Å². The maximum absolute atomic E-state index is 12.5. The van der Waals surface area contributed by atoms with Gasteiger partial charge in [-0.25, -0.2) is 0 Å². The van der Waals surface area contributed by atoms with Gasteiger partial charge in [-0.3, -0.25) is 19.8 Å². The molecule has 2 heterocycles. The molecule has 0 spiro atoms. The van der Waals surface area contributed by atoms with Gasteiger partial charge in [0.1, 0.15) is 5.70 Å². The van der Waals surface area contributed by atoms with E-state index in [0.717, 1.165) is 37.0 Å². The molecule has 0 bridgehead atoms. The molecule has 0 radical (unpaired) electrons. The number of carbonyl (C=O) groups is 1. The highest BCUT2D eigenvalue weighted by molar-refractivity contribution is 7.80. The number of hydrogen-bond donors (Lipinski definition) is 1. The molecule has 116 valence electrons. The molecule has 0 atom stereocenters. The van der Waals surface area contributed by atoms with Gasteiger partial charge in [0.15, 0.2) is 5.11 Å². The number of rotatable bonds is 3. The van der Waals surface area contributed by atoms with Gasteiger partial charge in [0.25, 0.3) is 5.91 Å². The fourth-order valence-electron chi connectivity index (χ4n) is 2.90. The zero-order chi connectivity index (χ0) is 15.7.